The maximum absolute atomic E-state index is 11.2. The summed E-state index contributed by atoms with van der Waals surface area (Å²) in [6.45, 7) is 4.24. The fourth-order valence-corrected chi connectivity index (χ4v) is 3.08. The molecule has 20 heavy (non-hydrogen) atoms. The van der Waals surface area contributed by atoms with E-state index in [2.05, 4.69) is 22.4 Å². The number of ether oxygens (including phenoxy) is 1. The van der Waals surface area contributed by atoms with Gasteiger partial charge in [0.25, 0.3) is 0 Å². The Balaban J connectivity index is 1.91. The van der Waals surface area contributed by atoms with Crippen molar-refractivity contribution in [1.29, 1.82) is 0 Å². The number of nitrogens with one attached hydrogen (secondary N) is 2. The lowest BCUT2D eigenvalue weighted by atomic mass is 9.92. The van der Waals surface area contributed by atoms with E-state index in [1.165, 1.54) is 16.6 Å². The van der Waals surface area contributed by atoms with Crippen molar-refractivity contribution in [2.75, 3.05) is 6.61 Å². The predicted molar refractivity (Wildman–Crippen MR) is 79.1 cm³/mol. The molecule has 0 saturated heterocycles. The Hall–Kier alpha value is -1.97. The molecule has 0 fully saturated rings. The summed E-state index contributed by atoms with van der Waals surface area (Å²) in [6, 6.07) is 6.47. The van der Waals surface area contributed by atoms with Crippen molar-refractivity contribution in [1.82, 2.24) is 10.3 Å². The number of aromatic nitrogens is 1. The molecule has 1 aromatic heterocycles. The minimum atomic E-state index is 0.0493. The second kappa shape index (κ2) is 5.19. The van der Waals surface area contributed by atoms with Crippen molar-refractivity contribution in [2.45, 2.75) is 39.2 Å². The van der Waals surface area contributed by atoms with Crippen LogP contribution in [0.15, 0.2) is 18.2 Å². The highest BCUT2D eigenvalue weighted by atomic mass is 16.5. The molecule has 106 valence electrons. The molecule has 4 nitrogen and oxygen atoms in total. The van der Waals surface area contributed by atoms with E-state index in [9.17, 15) is 4.79 Å². The van der Waals surface area contributed by atoms with Crippen LogP contribution >= 0.6 is 0 Å². The summed E-state index contributed by atoms with van der Waals surface area (Å²) in [5.41, 5.74) is 3.77. The van der Waals surface area contributed by atoms with Gasteiger partial charge in [-0.25, -0.2) is 0 Å². The summed E-state index contributed by atoms with van der Waals surface area (Å²) in [4.78, 5) is 14.7. The minimum absolute atomic E-state index is 0.0493. The monoisotopic (exact) mass is 272 g/mol. The third kappa shape index (κ3) is 2.38. The average molecular weight is 272 g/mol. The van der Waals surface area contributed by atoms with Gasteiger partial charge < -0.3 is 15.0 Å². The van der Waals surface area contributed by atoms with E-state index in [1.54, 1.807) is 6.92 Å². The summed E-state index contributed by atoms with van der Waals surface area (Å²) in [5.74, 6) is 0.949. The van der Waals surface area contributed by atoms with Crippen molar-refractivity contribution in [3.05, 3.63) is 29.5 Å². The van der Waals surface area contributed by atoms with E-state index in [0.29, 0.717) is 6.61 Å². The summed E-state index contributed by atoms with van der Waals surface area (Å²) in [7, 11) is 0. The van der Waals surface area contributed by atoms with Gasteiger partial charge in [0.15, 0.2) is 0 Å². The Labute approximate surface area is 118 Å². The molecule has 1 aliphatic carbocycles. The highest BCUT2D eigenvalue weighted by Gasteiger charge is 2.22. The lowest BCUT2D eigenvalue weighted by Gasteiger charge is -2.22. The van der Waals surface area contributed by atoms with Gasteiger partial charge in [-0.15, -0.1) is 0 Å². The molecule has 1 aromatic carbocycles. The highest BCUT2D eigenvalue weighted by molar-refractivity contribution is 5.86. The number of aryl methyl sites for hydroxylation is 1. The zero-order valence-corrected chi connectivity index (χ0v) is 12.0. The molecule has 1 atom stereocenters. The first-order chi connectivity index (χ1) is 9.67. The third-order valence-electron chi connectivity index (χ3n) is 3.88. The number of hydrogen-bond donors (Lipinski definition) is 2. The van der Waals surface area contributed by atoms with E-state index in [0.717, 1.165) is 30.5 Å². The number of hydrogen-bond acceptors (Lipinski definition) is 2. The van der Waals surface area contributed by atoms with E-state index in [4.69, 9.17) is 4.74 Å². The third-order valence-corrected chi connectivity index (χ3v) is 3.88. The number of carbonyl (C=O) groups is 1. The summed E-state index contributed by atoms with van der Waals surface area (Å²) in [5, 5.41) is 4.30. The topological polar surface area (TPSA) is 54.1 Å². The van der Waals surface area contributed by atoms with Gasteiger partial charge in [-0.2, -0.15) is 0 Å². The molecular formula is C16H20N2O2. The Kier molecular flexibility index (Phi) is 3.38. The van der Waals surface area contributed by atoms with E-state index in [1.807, 2.05) is 13.0 Å². The van der Waals surface area contributed by atoms with Crippen LogP contribution < -0.4 is 10.1 Å². The second-order valence-electron chi connectivity index (χ2n) is 5.36. The molecule has 0 bridgehead atoms. The van der Waals surface area contributed by atoms with Crippen molar-refractivity contribution < 1.29 is 9.53 Å². The fraction of sp³-hybridized carbons (Fsp3) is 0.438. The Morgan fingerprint density at radius 3 is 3.10 bits per heavy atom. The first-order valence-electron chi connectivity index (χ1n) is 7.20. The SMILES string of the molecule is CCOc1ccc2c3c([nH]c2c1)CC(NC(C)=O)CC3. The average Bonchev–Trinajstić information content (AvgIpc) is 2.75. The maximum atomic E-state index is 11.2. The number of fused-ring (bicyclic) bond motifs is 3. The molecule has 0 aliphatic heterocycles. The number of amides is 1. The molecule has 1 amide bonds. The Morgan fingerprint density at radius 1 is 1.50 bits per heavy atom. The zero-order chi connectivity index (χ0) is 14.1. The van der Waals surface area contributed by atoms with Crippen LogP contribution in [0.3, 0.4) is 0 Å². The van der Waals surface area contributed by atoms with Gasteiger partial charge >= 0.3 is 0 Å². The normalized spacial score (nSPS) is 17.8. The van der Waals surface area contributed by atoms with Crippen molar-refractivity contribution in [3.63, 3.8) is 0 Å². The highest BCUT2D eigenvalue weighted by Crippen LogP contribution is 2.31. The van der Waals surface area contributed by atoms with Crippen LogP contribution in [-0.4, -0.2) is 23.5 Å². The van der Waals surface area contributed by atoms with Gasteiger partial charge in [0.2, 0.25) is 5.91 Å². The summed E-state index contributed by atoms with van der Waals surface area (Å²) in [6.07, 6.45) is 2.90. The van der Waals surface area contributed by atoms with Gasteiger partial charge in [0.05, 0.1) is 6.61 Å². The number of rotatable bonds is 3. The molecule has 3 rings (SSSR count). The summed E-state index contributed by atoms with van der Waals surface area (Å²) < 4.78 is 5.54. The van der Waals surface area contributed by atoms with Gasteiger partial charge in [0.1, 0.15) is 5.75 Å². The largest absolute Gasteiger partial charge is 0.494 e. The molecular weight excluding hydrogens is 252 g/mol. The van der Waals surface area contributed by atoms with Crippen molar-refractivity contribution >= 4 is 16.8 Å². The molecule has 0 radical (unpaired) electrons. The van der Waals surface area contributed by atoms with Crippen molar-refractivity contribution in [2.24, 2.45) is 0 Å². The molecule has 2 N–H and O–H groups in total. The quantitative estimate of drug-likeness (QED) is 0.902. The summed E-state index contributed by atoms with van der Waals surface area (Å²) >= 11 is 0. The Bertz CT molecular complexity index is 645. The van der Waals surface area contributed by atoms with Gasteiger partial charge in [-0.05, 0) is 37.5 Å². The number of aromatic amines is 1. The van der Waals surface area contributed by atoms with Crippen LogP contribution in [0.2, 0.25) is 0 Å². The first-order valence-corrected chi connectivity index (χ1v) is 7.20. The molecule has 1 unspecified atom stereocenters. The lowest BCUT2D eigenvalue weighted by molar-refractivity contribution is -0.119. The van der Waals surface area contributed by atoms with Crippen LogP contribution in [0.1, 0.15) is 31.5 Å². The number of benzene rings is 1. The smallest absolute Gasteiger partial charge is 0.217 e. The fourth-order valence-electron chi connectivity index (χ4n) is 3.08. The molecule has 4 heteroatoms. The molecule has 0 spiro atoms. The van der Waals surface area contributed by atoms with Gasteiger partial charge in [-0.1, -0.05) is 0 Å². The van der Waals surface area contributed by atoms with Crippen LogP contribution in [0.5, 0.6) is 5.75 Å². The van der Waals surface area contributed by atoms with E-state index in [-0.39, 0.29) is 11.9 Å². The first kappa shape index (κ1) is 13.0. The lowest BCUT2D eigenvalue weighted by Crippen LogP contribution is -2.37. The van der Waals surface area contributed by atoms with Crippen LogP contribution in [0, 0.1) is 0 Å². The second-order valence-corrected chi connectivity index (χ2v) is 5.36. The molecule has 1 aliphatic rings. The predicted octanol–water partition coefficient (Wildman–Crippen LogP) is 2.56. The van der Waals surface area contributed by atoms with Crippen LogP contribution in [-0.2, 0) is 17.6 Å². The maximum Gasteiger partial charge on any atom is 0.217 e. The molecule has 1 heterocycles. The van der Waals surface area contributed by atoms with Gasteiger partial charge in [0, 0.05) is 42.0 Å². The van der Waals surface area contributed by atoms with Crippen molar-refractivity contribution in [3.8, 4) is 5.75 Å². The molecule has 0 saturated carbocycles. The van der Waals surface area contributed by atoms with Crippen LogP contribution in [0.4, 0.5) is 0 Å². The van der Waals surface area contributed by atoms with E-state index >= 15 is 0 Å². The van der Waals surface area contributed by atoms with Crippen LogP contribution in [0.25, 0.3) is 10.9 Å². The van der Waals surface area contributed by atoms with Gasteiger partial charge in [-0.3, -0.25) is 4.79 Å². The van der Waals surface area contributed by atoms with E-state index < -0.39 is 0 Å². The number of H-pyrrole nitrogens is 1. The Morgan fingerprint density at radius 2 is 2.35 bits per heavy atom. The molecule has 2 aromatic rings. The minimum Gasteiger partial charge on any atom is -0.494 e. The number of carbonyl (C=O) groups excluding carboxylic acids is 1. The standard InChI is InChI=1S/C16H20N2O2/c1-3-20-12-5-7-14-13-6-4-11(17-10(2)19)8-15(13)18-16(14)9-12/h5,7,9,11,18H,3-4,6,8H2,1-2H3,(H,17,19). The zero-order valence-electron chi connectivity index (χ0n) is 12.0.